The zero-order valence-electron chi connectivity index (χ0n) is 35.2. The van der Waals surface area contributed by atoms with Gasteiger partial charge in [0.1, 0.15) is 36.3 Å². The van der Waals surface area contributed by atoms with Gasteiger partial charge in [-0.2, -0.15) is 0 Å². The molecule has 1 aromatic carbocycles. The highest BCUT2D eigenvalue weighted by molar-refractivity contribution is 5.98. The van der Waals surface area contributed by atoms with Crippen LogP contribution in [0.5, 0.6) is 0 Å². The second-order valence-corrected chi connectivity index (χ2v) is 15.2. The van der Waals surface area contributed by atoms with E-state index in [1.807, 2.05) is 0 Å². The number of carbonyl (C=O) groups excluding carboxylic acids is 9. The summed E-state index contributed by atoms with van der Waals surface area (Å²) < 4.78 is 0. The number of nitrogens with zero attached hydrogens (tertiary/aromatic N) is 3. The molecule has 0 saturated carbocycles. The maximum atomic E-state index is 14.2. The van der Waals surface area contributed by atoms with Crippen LogP contribution in [0.4, 0.5) is 0 Å². The Hall–Kier alpha value is -5.71. The summed E-state index contributed by atoms with van der Waals surface area (Å²) in [5.74, 6) is -7.80. The number of aliphatic hydroxyl groups excluding tert-OH is 1. The molecule has 22 heteroatoms. The molecule has 0 spiro atoms. The molecule has 340 valence electrons. The number of benzene rings is 1. The van der Waals surface area contributed by atoms with Crippen LogP contribution in [0.25, 0.3) is 0 Å². The van der Waals surface area contributed by atoms with E-state index in [1.54, 1.807) is 44.2 Å². The van der Waals surface area contributed by atoms with E-state index in [0.717, 1.165) is 20.8 Å². The van der Waals surface area contributed by atoms with Crippen LogP contribution in [0.2, 0.25) is 0 Å². The number of hydroxylamine groups is 6. The molecule has 0 aliphatic carbocycles. The lowest BCUT2D eigenvalue weighted by atomic mass is 10.00. The fourth-order valence-electron chi connectivity index (χ4n) is 6.20. The molecule has 6 atom stereocenters. The Balaban J connectivity index is 2.71. The van der Waals surface area contributed by atoms with E-state index >= 15 is 0 Å². The topological polar surface area (TPSA) is 316 Å². The summed E-state index contributed by atoms with van der Waals surface area (Å²) in [6.07, 6.45) is -0.916. The lowest BCUT2D eigenvalue weighted by Crippen LogP contribution is -2.62. The summed E-state index contributed by atoms with van der Waals surface area (Å²) in [4.78, 5) is 119. The number of nitrogens with one attached hydrogen (secondary N) is 6. The fourth-order valence-corrected chi connectivity index (χ4v) is 6.20. The van der Waals surface area contributed by atoms with E-state index < -0.39 is 96.0 Å². The first kappa shape index (κ1) is 51.4. The van der Waals surface area contributed by atoms with Crippen molar-refractivity contribution in [1.29, 1.82) is 0 Å². The minimum Gasteiger partial charge on any atom is -0.394 e. The molecule has 9 amide bonds. The van der Waals surface area contributed by atoms with Gasteiger partial charge in [-0.15, -0.1) is 0 Å². The molecule has 1 aliphatic rings. The summed E-state index contributed by atoms with van der Waals surface area (Å²) in [6, 6.07) is -0.199. The number of hydrogen-bond acceptors (Lipinski definition) is 13. The van der Waals surface area contributed by atoms with Crippen LogP contribution in [0.3, 0.4) is 0 Å². The predicted octanol–water partition coefficient (Wildman–Crippen LogP) is -1.76. The highest BCUT2D eigenvalue weighted by Crippen LogP contribution is 2.12. The largest absolute Gasteiger partial charge is 0.394 e. The van der Waals surface area contributed by atoms with Gasteiger partial charge in [-0.05, 0) is 56.4 Å². The number of rotatable bonds is 17. The predicted molar refractivity (Wildman–Crippen MR) is 213 cm³/mol. The van der Waals surface area contributed by atoms with Crippen molar-refractivity contribution in [2.45, 2.75) is 122 Å². The third-order valence-corrected chi connectivity index (χ3v) is 9.65. The molecule has 22 nitrogen and oxygen atoms in total. The van der Waals surface area contributed by atoms with Gasteiger partial charge in [-0.3, -0.25) is 58.8 Å². The van der Waals surface area contributed by atoms with Gasteiger partial charge in [0, 0.05) is 46.8 Å². The Bertz CT molecular complexity index is 1680. The first-order valence-electron chi connectivity index (χ1n) is 20.1. The van der Waals surface area contributed by atoms with Gasteiger partial charge in [0.15, 0.2) is 0 Å². The summed E-state index contributed by atoms with van der Waals surface area (Å²) in [6.45, 7) is 5.10. The van der Waals surface area contributed by atoms with E-state index in [4.69, 9.17) is 0 Å². The third-order valence-electron chi connectivity index (χ3n) is 9.65. The number of hydrogen-bond donors (Lipinski definition) is 10. The van der Waals surface area contributed by atoms with Gasteiger partial charge >= 0.3 is 0 Å². The smallest absolute Gasteiger partial charge is 0.245 e. The SMILES string of the molecule is CC(=O)N(O)CCC[C@@H]1NC(=O)[C@H](CCCN(O)C(C)=O)NC(=O)[C@H](CCCN(O)C(C)=O)NC(=O)[C@@H](Cc2ccccc2)NC(=O)[C@H](CC(C)C)NC(=O)[C@H](CO)NC1=O. The molecule has 10 N–H and O–H groups in total. The van der Waals surface area contributed by atoms with Crippen molar-refractivity contribution in [1.82, 2.24) is 47.1 Å². The minimum atomic E-state index is -1.65. The molecular formula is C39H61N9O13. The van der Waals surface area contributed by atoms with Gasteiger partial charge in [-0.1, -0.05) is 44.2 Å². The van der Waals surface area contributed by atoms with Gasteiger partial charge < -0.3 is 37.0 Å². The van der Waals surface area contributed by atoms with E-state index in [-0.39, 0.29) is 76.9 Å². The molecule has 1 aliphatic heterocycles. The van der Waals surface area contributed by atoms with Crippen molar-refractivity contribution in [3.63, 3.8) is 0 Å². The quantitative estimate of drug-likeness (QED) is 0.0614. The molecule has 2 rings (SSSR count). The van der Waals surface area contributed by atoms with Gasteiger partial charge in [0.25, 0.3) is 0 Å². The van der Waals surface area contributed by atoms with Crippen LogP contribution in [0, 0.1) is 5.92 Å². The van der Waals surface area contributed by atoms with Crippen LogP contribution in [0.15, 0.2) is 30.3 Å². The van der Waals surface area contributed by atoms with Crippen LogP contribution < -0.4 is 31.9 Å². The monoisotopic (exact) mass is 863 g/mol. The van der Waals surface area contributed by atoms with Crippen molar-refractivity contribution >= 4 is 53.2 Å². The summed E-state index contributed by atoms with van der Waals surface area (Å²) in [5.41, 5.74) is 0.610. The minimum absolute atomic E-state index is 0.0436. The van der Waals surface area contributed by atoms with Crippen molar-refractivity contribution in [3.8, 4) is 0 Å². The fraction of sp³-hybridized carbons (Fsp3) is 0.615. The summed E-state index contributed by atoms with van der Waals surface area (Å²) in [5, 5.41) is 56.6. The molecule has 61 heavy (non-hydrogen) atoms. The maximum Gasteiger partial charge on any atom is 0.245 e. The van der Waals surface area contributed by atoms with Crippen molar-refractivity contribution in [3.05, 3.63) is 35.9 Å². The van der Waals surface area contributed by atoms with E-state index in [9.17, 15) is 63.9 Å². The Labute approximate surface area is 354 Å². The van der Waals surface area contributed by atoms with Crippen LogP contribution >= 0.6 is 0 Å². The Morgan fingerprint density at radius 3 is 1.20 bits per heavy atom. The number of amides is 9. The Morgan fingerprint density at radius 2 is 0.836 bits per heavy atom. The van der Waals surface area contributed by atoms with Crippen LogP contribution in [0.1, 0.15) is 85.1 Å². The first-order chi connectivity index (χ1) is 28.7. The van der Waals surface area contributed by atoms with Crippen LogP contribution in [-0.4, -0.2) is 152 Å². The summed E-state index contributed by atoms with van der Waals surface area (Å²) >= 11 is 0. The van der Waals surface area contributed by atoms with Crippen molar-refractivity contribution in [2.24, 2.45) is 5.92 Å². The molecule has 0 radical (unpaired) electrons. The average Bonchev–Trinajstić information content (AvgIpc) is 3.20. The summed E-state index contributed by atoms with van der Waals surface area (Å²) in [7, 11) is 0. The Kier molecular flexibility index (Phi) is 21.8. The molecule has 1 aromatic rings. The van der Waals surface area contributed by atoms with E-state index in [2.05, 4.69) is 31.9 Å². The molecule has 0 bridgehead atoms. The zero-order valence-corrected chi connectivity index (χ0v) is 35.2. The molecule has 0 unspecified atom stereocenters. The van der Waals surface area contributed by atoms with E-state index in [1.165, 1.54) is 0 Å². The van der Waals surface area contributed by atoms with E-state index in [0.29, 0.717) is 20.8 Å². The zero-order chi connectivity index (χ0) is 45.8. The normalized spacial score (nSPS) is 22.0. The second kappa shape index (κ2) is 25.8. The third kappa shape index (κ3) is 18.2. The lowest BCUT2D eigenvalue weighted by Gasteiger charge is -2.29. The van der Waals surface area contributed by atoms with Crippen molar-refractivity contribution < 1.29 is 63.9 Å². The average molecular weight is 864 g/mol. The van der Waals surface area contributed by atoms with Gasteiger partial charge in [0.05, 0.1) is 6.61 Å². The Morgan fingerprint density at radius 1 is 0.525 bits per heavy atom. The molecule has 0 aromatic heterocycles. The molecule has 1 fully saturated rings. The molecular weight excluding hydrogens is 802 g/mol. The van der Waals surface area contributed by atoms with Crippen molar-refractivity contribution in [2.75, 3.05) is 26.2 Å². The first-order valence-corrected chi connectivity index (χ1v) is 20.1. The molecule has 1 saturated heterocycles. The lowest BCUT2D eigenvalue weighted by molar-refractivity contribution is -0.163. The van der Waals surface area contributed by atoms with Gasteiger partial charge in [-0.25, -0.2) is 15.2 Å². The molecule has 1 heterocycles. The van der Waals surface area contributed by atoms with Gasteiger partial charge in [0.2, 0.25) is 53.2 Å². The highest BCUT2D eigenvalue weighted by atomic mass is 16.5. The number of carbonyl (C=O) groups is 9. The number of aliphatic hydroxyl groups is 1. The maximum absolute atomic E-state index is 14.2. The standard InChI is InChI=1S/C39H61N9O13/c1-23(2)20-31-37(56)44-32(21-27-12-7-6-8-13-27)38(57)42-29(15-10-18-47(60)25(4)51)35(54)40-28(14-9-17-46(59)24(3)50)34(53)41-30(16-11-19-48(61)26(5)52)36(55)45-33(22-49)39(58)43-31/h6-8,12-13,23,28-33,49,59-61H,9-11,14-22H2,1-5H3,(H,40,54)(H,41,53)(H,42,57)(H,43,58)(H,44,56)(H,45,55)/t28-,29-,30-,31-,32+,33-/m0/s1. The van der Waals surface area contributed by atoms with Crippen LogP contribution in [-0.2, 0) is 49.6 Å². The highest BCUT2D eigenvalue weighted by Gasteiger charge is 2.35. The second-order valence-electron chi connectivity index (χ2n) is 15.2.